The number of amides is 4. The Morgan fingerprint density at radius 2 is 1.70 bits per heavy atom. The van der Waals surface area contributed by atoms with Crippen LogP contribution in [-0.4, -0.2) is 97.0 Å². The fourth-order valence-electron chi connectivity index (χ4n) is 8.09. The predicted octanol–water partition coefficient (Wildman–Crippen LogP) is 5.28. The van der Waals surface area contributed by atoms with Crippen molar-refractivity contribution in [2.45, 2.75) is 107 Å². The first-order valence-electron chi connectivity index (χ1n) is 20.4. The van der Waals surface area contributed by atoms with Gasteiger partial charge in [-0.25, -0.2) is 13.4 Å². The van der Waals surface area contributed by atoms with E-state index in [0.29, 0.717) is 55.1 Å². The summed E-state index contributed by atoms with van der Waals surface area (Å²) < 4.78 is 40.0. The molecule has 1 aromatic heterocycles. The molecule has 14 heteroatoms. The van der Waals surface area contributed by atoms with Gasteiger partial charge in [-0.1, -0.05) is 55.3 Å². The molecule has 3 fully saturated rings. The molecule has 3 aromatic rings. The molecular formula is C43H53N5O8S. The molecule has 4 aliphatic rings. The van der Waals surface area contributed by atoms with Crippen molar-refractivity contribution in [1.82, 2.24) is 24.8 Å². The van der Waals surface area contributed by atoms with Crippen molar-refractivity contribution in [2.24, 2.45) is 5.92 Å². The second-order valence-electron chi connectivity index (χ2n) is 15.7. The van der Waals surface area contributed by atoms with E-state index in [4.69, 9.17) is 14.5 Å². The monoisotopic (exact) mass is 799 g/mol. The molecule has 13 nitrogen and oxygen atoms in total. The first-order valence-corrected chi connectivity index (χ1v) is 21.9. The molecule has 57 heavy (non-hydrogen) atoms. The van der Waals surface area contributed by atoms with Gasteiger partial charge in [0.25, 0.3) is 5.91 Å². The van der Waals surface area contributed by atoms with Gasteiger partial charge in [0.1, 0.15) is 29.7 Å². The third-order valence-corrected chi connectivity index (χ3v) is 13.3. The number of hydrogen-bond donors (Lipinski definition) is 2. The minimum absolute atomic E-state index is 0.0520. The van der Waals surface area contributed by atoms with E-state index >= 15 is 0 Å². The molecule has 1 aliphatic carbocycles. The van der Waals surface area contributed by atoms with E-state index in [1.165, 1.54) is 4.90 Å². The average Bonchev–Trinajstić information content (AvgIpc) is 4.01. The molecule has 1 saturated carbocycles. The summed E-state index contributed by atoms with van der Waals surface area (Å²) in [6, 6.07) is 14.8. The van der Waals surface area contributed by atoms with Gasteiger partial charge in [0.2, 0.25) is 27.7 Å². The number of sulfonamides is 1. The van der Waals surface area contributed by atoms with Crippen LogP contribution in [0.5, 0.6) is 11.5 Å². The SMILES string of the molecule is COc1ccc2c(O[C@@H]3C[C@H]4C(=O)N[C@@H](C(=O)NS(=O)(=O)C5CC5)CC=CCCCCC[C@H](CC(=O)N5CCCCC5)C(=O)N4C3)cc(-c3ccccc3)nc2c1. The van der Waals surface area contributed by atoms with Gasteiger partial charge in [-0.15, -0.1) is 0 Å². The van der Waals surface area contributed by atoms with E-state index in [1.807, 2.05) is 65.6 Å². The fraction of sp³-hybridized carbons (Fsp3) is 0.512. The Labute approximate surface area is 334 Å². The van der Waals surface area contributed by atoms with Crippen molar-refractivity contribution in [3.05, 3.63) is 66.7 Å². The molecule has 2 N–H and O–H groups in total. The Morgan fingerprint density at radius 3 is 2.46 bits per heavy atom. The average molecular weight is 800 g/mol. The van der Waals surface area contributed by atoms with Crippen LogP contribution >= 0.6 is 0 Å². The lowest BCUT2D eigenvalue weighted by molar-refractivity contribution is -0.145. The summed E-state index contributed by atoms with van der Waals surface area (Å²) in [4.78, 5) is 64.5. The van der Waals surface area contributed by atoms with Crippen LogP contribution in [-0.2, 0) is 29.2 Å². The van der Waals surface area contributed by atoms with Crippen molar-refractivity contribution in [1.29, 1.82) is 0 Å². The number of nitrogens with one attached hydrogen (secondary N) is 2. The largest absolute Gasteiger partial charge is 0.497 e. The van der Waals surface area contributed by atoms with E-state index in [-0.39, 0.29) is 37.6 Å². The zero-order valence-corrected chi connectivity index (χ0v) is 33.4. The summed E-state index contributed by atoms with van der Waals surface area (Å²) in [5, 5.41) is 2.92. The Kier molecular flexibility index (Phi) is 12.8. The quantitative estimate of drug-likeness (QED) is 0.274. The number of methoxy groups -OCH3 is 1. The predicted molar refractivity (Wildman–Crippen MR) is 216 cm³/mol. The molecule has 0 spiro atoms. The Balaban J connectivity index is 1.20. The van der Waals surface area contributed by atoms with Gasteiger partial charge in [-0.2, -0.15) is 0 Å². The number of rotatable bonds is 9. The standard InChI is InChI=1S/C43H53N5O8S/c1-55-31-18-21-34-37(25-31)44-36(29-14-9-6-10-15-29)27-39(34)56-32-26-38-42(51)45-35(41(50)46-57(53,54)33-19-20-33)17-11-5-3-2-4-8-16-30(43(52)48(38)28-32)24-40(49)47-22-12-7-13-23-47/h5-6,9-11,14-15,18,21,25,27,30,32-33,35,38H,2-4,7-8,12-13,16-17,19-20,22-24,26,28H2,1H3,(H,45,51)(H,46,50)/t30-,32-,35-,38+/m1/s1. The molecule has 3 aliphatic heterocycles. The van der Waals surface area contributed by atoms with Gasteiger partial charge in [0.05, 0.1) is 30.1 Å². The number of aromatic nitrogens is 1. The molecule has 304 valence electrons. The van der Waals surface area contributed by atoms with Crippen LogP contribution in [0.1, 0.15) is 83.5 Å². The fourth-order valence-corrected chi connectivity index (χ4v) is 9.44. The van der Waals surface area contributed by atoms with E-state index in [0.717, 1.165) is 55.9 Å². The van der Waals surface area contributed by atoms with Gasteiger partial charge in [-0.05, 0) is 69.9 Å². The number of benzene rings is 2. The Bertz CT molecular complexity index is 2080. The van der Waals surface area contributed by atoms with Crippen molar-refractivity contribution in [3.8, 4) is 22.8 Å². The van der Waals surface area contributed by atoms with E-state index in [9.17, 15) is 27.6 Å². The van der Waals surface area contributed by atoms with E-state index < -0.39 is 51.2 Å². The van der Waals surface area contributed by atoms with Crippen LogP contribution < -0.4 is 19.5 Å². The number of fused-ring (bicyclic) bond motifs is 2. The molecule has 4 heterocycles. The zero-order valence-electron chi connectivity index (χ0n) is 32.6. The van der Waals surface area contributed by atoms with Crippen LogP contribution in [0.15, 0.2) is 66.7 Å². The second-order valence-corrected chi connectivity index (χ2v) is 17.7. The van der Waals surface area contributed by atoms with Gasteiger partial charge in [0, 0.05) is 54.9 Å². The van der Waals surface area contributed by atoms with Crippen molar-refractivity contribution < 1.29 is 37.1 Å². The maximum Gasteiger partial charge on any atom is 0.256 e. The highest BCUT2D eigenvalue weighted by Gasteiger charge is 2.45. The summed E-state index contributed by atoms with van der Waals surface area (Å²) in [6.45, 7) is 1.42. The van der Waals surface area contributed by atoms with Crippen molar-refractivity contribution >= 4 is 44.6 Å². The highest BCUT2D eigenvalue weighted by atomic mass is 32.2. The molecule has 0 unspecified atom stereocenters. The van der Waals surface area contributed by atoms with Gasteiger partial charge in [-0.3, -0.25) is 23.9 Å². The number of nitrogens with zero attached hydrogens (tertiary/aromatic N) is 3. The first kappa shape index (κ1) is 40.2. The molecule has 0 radical (unpaired) electrons. The molecule has 2 aromatic carbocycles. The highest BCUT2D eigenvalue weighted by Crippen LogP contribution is 2.35. The van der Waals surface area contributed by atoms with E-state index in [2.05, 4.69) is 10.0 Å². The summed E-state index contributed by atoms with van der Waals surface area (Å²) in [7, 11) is -2.28. The normalized spacial score (nSPS) is 23.9. The van der Waals surface area contributed by atoms with Crippen LogP contribution in [0.4, 0.5) is 0 Å². The van der Waals surface area contributed by atoms with E-state index in [1.54, 1.807) is 13.2 Å². The number of piperidine rings is 1. The second kappa shape index (κ2) is 18.1. The zero-order chi connectivity index (χ0) is 39.9. The minimum atomic E-state index is -3.87. The van der Waals surface area contributed by atoms with Gasteiger partial charge >= 0.3 is 0 Å². The van der Waals surface area contributed by atoms with Gasteiger partial charge < -0.3 is 24.6 Å². The number of carbonyl (C=O) groups excluding carboxylic acids is 4. The lowest BCUT2D eigenvalue weighted by atomic mass is 9.94. The number of ether oxygens (including phenoxy) is 2. The number of likely N-dealkylation sites (tertiary alicyclic amines) is 1. The molecule has 0 bridgehead atoms. The summed E-state index contributed by atoms with van der Waals surface area (Å²) >= 11 is 0. The van der Waals surface area contributed by atoms with Crippen LogP contribution in [0.2, 0.25) is 0 Å². The topological polar surface area (TPSA) is 164 Å². The summed E-state index contributed by atoms with van der Waals surface area (Å²) in [5.41, 5.74) is 2.20. The smallest absolute Gasteiger partial charge is 0.256 e. The number of pyridine rings is 1. The van der Waals surface area contributed by atoms with Crippen molar-refractivity contribution in [2.75, 3.05) is 26.7 Å². The molecule has 4 amide bonds. The van der Waals surface area contributed by atoms with Crippen LogP contribution in [0, 0.1) is 5.92 Å². The highest BCUT2D eigenvalue weighted by molar-refractivity contribution is 7.90. The third kappa shape index (κ3) is 9.95. The summed E-state index contributed by atoms with van der Waals surface area (Å²) in [5.74, 6) is -1.25. The number of carbonyl (C=O) groups is 4. The lowest BCUT2D eigenvalue weighted by Crippen LogP contribution is -2.54. The number of allylic oxidation sites excluding steroid dienone is 1. The maximum absolute atomic E-state index is 14.8. The minimum Gasteiger partial charge on any atom is -0.497 e. The number of hydrogen-bond acceptors (Lipinski definition) is 9. The van der Waals surface area contributed by atoms with Gasteiger partial charge in [0.15, 0.2) is 0 Å². The third-order valence-electron chi connectivity index (χ3n) is 11.5. The molecule has 7 rings (SSSR count). The van der Waals surface area contributed by atoms with Crippen LogP contribution in [0.3, 0.4) is 0 Å². The first-order chi connectivity index (χ1) is 27.6. The van der Waals surface area contributed by atoms with Crippen LogP contribution in [0.25, 0.3) is 22.2 Å². The van der Waals surface area contributed by atoms with Crippen molar-refractivity contribution in [3.63, 3.8) is 0 Å². The maximum atomic E-state index is 14.8. The molecule has 4 atom stereocenters. The Hall–Kier alpha value is -4.98. The molecular weight excluding hydrogens is 747 g/mol. The summed E-state index contributed by atoms with van der Waals surface area (Å²) in [6.07, 6.45) is 10.9. The Morgan fingerprint density at radius 1 is 0.930 bits per heavy atom. The molecule has 2 saturated heterocycles. The lowest BCUT2D eigenvalue weighted by Gasteiger charge is -2.31.